The molecule has 0 N–H and O–H groups in total. The van der Waals surface area contributed by atoms with E-state index in [9.17, 15) is 0 Å². The highest BCUT2D eigenvalue weighted by Crippen LogP contribution is 2.54. The van der Waals surface area contributed by atoms with Crippen molar-refractivity contribution >= 4 is 22.9 Å². The molecule has 0 aliphatic heterocycles. The Morgan fingerprint density at radius 1 is 0.568 bits per heavy atom. The lowest BCUT2D eigenvalue weighted by atomic mass is 9.58. The maximum atomic E-state index is 2.55. The molecule has 44 heavy (non-hydrogen) atoms. The Kier molecular flexibility index (Phi) is 6.16. The molecular weight excluding hydrogens is 549 g/mol. The van der Waals surface area contributed by atoms with Crippen molar-refractivity contribution in [3.63, 3.8) is 0 Å². The molecule has 6 unspecified atom stereocenters. The zero-order chi connectivity index (χ0) is 29.2. The van der Waals surface area contributed by atoms with Crippen LogP contribution in [-0.2, 0) is 0 Å². The molecule has 0 fully saturated rings. The summed E-state index contributed by atoms with van der Waals surface area (Å²) in [6.45, 7) is 0. The molecule has 0 nitrogen and oxygen atoms in total. The topological polar surface area (TPSA) is 0 Å². The highest BCUT2D eigenvalue weighted by molar-refractivity contribution is 8.02. The first kappa shape index (κ1) is 26.1. The summed E-state index contributed by atoms with van der Waals surface area (Å²) >= 11 is 1.85. The fourth-order valence-electron chi connectivity index (χ4n) is 8.74. The van der Waals surface area contributed by atoms with E-state index in [1.807, 2.05) is 11.8 Å². The van der Waals surface area contributed by atoms with Gasteiger partial charge in [-0.1, -0.05) is 152 Å². The van der Waals surface area contributed by atoms with Gasteiger partial charge in [0.25, 0.3) is 0 Å². The molecule has 0 saturated carbocycles. The quantitative estimate of drug-likeness (QED) is 0.277. The van der Waals surface area contributed by atoms with Gasteiger partial charge in [0.2, 0.25) is 0 Å². The number of benzene rings is 3. The van der Waals surface area contributed by atoms with E-state index in [1.165, 1.54) is 59.9 Å². The zero-order valence-electron chi connectivity index (χ0n) is 24.8. The van der Waals surface area contributed by atoms with Gasteiger partial charge >= 0.3 is 0 Å². The van der Waals surface area contributed by atoms with Crippen LogP contribution in [0.4, 0.5) is 0 Å². The number of hydrogen-bond donors (Lipinski definition) is 0. The average Bonchev–Trinajstić information content (AvgIpc) is 3.10. The lowest BCUT2D eigenvalue weighted by molar-refractivity contribution is 0.318. The number of fused-ring (bicyclic) bond motifs is 2. The lowest BCUT2D eigenvalue weighted by Crippen LogP contribution is -2.42. The predicted molar refractivity (Wildman–Crippen MR) is 187 cm³/mol. The van der Waals surface area contributed by atoms with E-state index < -0.39 is 0 Å². The fourth-order valence-corrected chi connectivity index (χ4v) is 9.24. The van der Waals surface area contributed by atoms with Crippen molar-refractivity contribution in [1.29, 1.82) is 0 Å². The Bertz CT molecular complexity index is 2070. The van der Waals surface area contributed by atoms with Crippen LogP contribution in [0.1, 0.15) is 5.56 Å². The second-order valence-corrected chi connectivity index (χ2v) is 13.6. The molecule has 0 spiro atoms. The third kappa shape index (κ3) is 3.92. The van der Waals surface area contributed by atoms with Crippen molar-refractivity contribution in [2.75, 3.05) is 6.26 Å². The van der Waals surface area contributed by atoms with E-state index in [0.717, 1.165) is 0 Å². The molecule has 0 amide bonds. The van der Waals surface area contributed by atoms with Crippen molar-refractivity contribution in [1.82, 2.24) is 0 Å². The summed E-state index contributed by atoms with van der Waals surface area (Å²) in [4.78, 5) is 1.35. The minimum atomic E-state index is 0.246. The Morgan fingerprint density at radius 2 is 1.30 bits per heavy atom. The van der Waals surface area contributed by atoms with Gasteiger partial charge in [0.15, 0.2) is 0 Å². The maximum Gasteiger partial charge on any atom is 0.0148 e. The molecule has 9 rings (SSSR count). The molecule has 6 atom stereocenters. The molecule has 6 aliphatic carbocycles. The number of rotatable bonds is 4. The first-order valence-electron chi connectivity index (χ1n) is 15.9. The van der Waals surface area contributed by atoms with Gasteiger partial charge in [-0.2, -0.15) is 0 Å². The number of thioether (sulfide) groups is 1. The van der Waals surface area contributed by atoms with Gasteiger partial charge in [0, 0.05) is 40.4 Å². The molecule has 0 heterocycles. The monoisotopic (exact) mass is 582 g/mol. The first-order valence-corrected chi connectivity index (χ1v) is 17.1. The molecular formula is C43H34S. The van der Waals surface area contributed by atoms with Gasteiger partial charge in [0.1, 0.15) is 0 Å². The van der Waals surface area contributed by atoms with Crippen molar-refractivity contribution < 1.29 is 0 Å². The van der Waals surface area contributed by atoms with Crippen LogP contribution in [0.2, 0.25) is 0 Å². The van der Waals surface area contributed by atoms with E-state index in [0.29, 0.717) is 23.7 Å². The number of hydrogen-bond acceptors (Lipinski definition) is 1. The van der Waals surface area contributed by atoms with Crippen molar-refractivity contribution in [3.05, 3.63) is 189 Å². The van der Waals surface area contributed by atoms with Gasteiger partial charge in [-0.3, -0.25) is 0 Å². The second-order valence-electron chi connectivity index (χ2n) is 12.7. The zero-order valence-corrected chi connectivity index (χ0v) is 25.6. The van der Waals surface area contributed by atoms with Crippen molar-refractivity contribution in [3.8, 4) is 11.1 Å². The summed E-state index contributed by atoms with van der Waals surface area (Å²) in [6, 6.07) is 29.1. The van der Waals surface area contributed by atoms with Crippen molar-refractivity contribution in [2.45, 2.75) is 0 Å². The Morgan fingerprint density at radius 3 is 2.11 bits per heavy atom. The molecule has 3 aromatic rings. The van der Waals surface area contributed by atoms with Crippen LogP contribution in [0.5, 0.6) is 0 Å². The summed E-state index contributed by atoms with van der Waals surface area (Å²) in [7, 11) is 0. The highest BCUT2D eigenvalue weighted by atomic mass is 32.2. The predicted octanol–water partition coefficient (Wildman–Crippen LogP) is 8.73. The summed E-state index contributed by atoms with van der Waals surface area (Å²) in [6.07, 6.45) is 31.4. The molecule has 0 bridgehead atoms. The lowest BCUT2D eigenvalue weighted by Gasteiger charge is -2.46. The van der Waals surface area contributed by atoms with Gasteiger partial charge in [-0.05, 0) is 61.2 Å². The summed E-state index contributed by atoms with van der Waals surface area (Å²) in [5, 5.41) is 2.74. The summed E-state index contributed by atoms with van der Waals surface area (Å²) in [5.74, 6) is 2.45. The van der Waals surface area contributed by atoms with Gasteiger partial charge in [0.05, 0.1) is 0 Å². The van der Waals surface area contributed by atoms with E-state index in [1.54, 1.807) is 0 Å². The third-order valence-corrected chi connectivity index (χ3v) is 11.3. The molecule has 0 aromatic heterocycles. The fraction of sp³-hybridized carbons (Fsp3) is 0.163. The van der Waals surface area contributed by atoms with E-state index in [2.05, 4.69) is 158 Å². The largest absolute Gasteiger partial charge is 0.130 e. The average molecular weight is 583 g/mol. The molecule has 6 aliphatic rings. The van der Waals surface area contributed by atoms with Crippen LogP contribution < -0.4 is 10.4 Å². The SMILES string of the molecule is CSC1=CC2C(c3ccccc3-c3ccccc3)=c3ccccc3=C(C3=C4C=CC5=CC=CC6C=CC(C=C3)C4C56)C2C=C1. The Hall–Kier alpha value is -4.33. The van der Waals surface area contributed by atoms with Crippen LogP contribution in [-0.4, -0.2) is 6.26 Å². The van der Waals surface area contributed by atoms with Crippen LogP contribution in [0.25, 0.3) is 22.3 Å². The maximum absolute atomic E-state index is 2.55. The third-order valence-electron chi connectivity index (χ3n) is 10.6. The molecule has 212 valence electrons. The summed E-state index contributed by atoms with van der Waals surface area (Å²) in [5.41, 5.74) is 11.3. The van der Waals surface area contributed by atoms with Crippen LogP contribution >= 0.6 is 11.8 Å². The first-order chi connectivity index (χ1) is 21.8. The molecule has 0 saturated heterocycles. The van der Waals surface area contributed by atoms with Crippen molar-refractivity contribution in [2.24, 2.45) is 35.5 Å². The van der Waals surface area contributed by atoms with Gasteiger partial charge in [-0.15, -0.1) is 11.8 Å². The van der Waals surface area contributed by atoms with E-state index >= 15 is 0 Å². The molecule has 3 aromatic carbocycles. The standard InChI is InChI=1S/C43H34S/c1-44-31-22-25-38-39(26-31)43(33-15-6-5-14-32(33)27-10-3-2-4-11-27)35-17-8-7-16-34(35)42(38)37-24-21-30-19-18-28-12-9-13-29-20-23-36(37)41(30)40(28)29/h2-26,28,30,38-41H,1H3. The minimum absolute atomic E-state index is 0.246. The van der Waals surface area contributed by atoms with Crippen LogP contribution in [0, 0.1) is 35.5 Å². The molecule has 0 radical (unpaired) electrons. The van der Waals surface area contributed by atoms with Gasteiger partial charge < -0.3 is 0 Å². The second kappa shape index (κ2) is 10.4. The molecule has 1 heteroatoms. The highest BCUT2D eigenvalue weighted by Gasteiger charge is 2.44. The Balaban J connectivity index is 1.36. The minimum Gasteiger partial charge on any atom is -0.130 e. The van der Waals surface area contributed by atoms with Crippen LogP contribution in [0.3, 0.4) is 0 Å². The van der Waals surface area contributed by atoms with Gasteiger partial charge in [-0.25, -0.2) is 0 Å². The Labute approximate surface area is 264 Å². The smallest absolute Gasteiger partial charge is 0.0148 e. The van der Waals surface area contributed by atoms with Crippen LogP contribution in [0.15, 0.2) is 173 Å². The van der Waals surface area contributed by atoms with E-state index in [4.69, 9.17) is 0 Å². The normalized spacial score (nSPS) is 28.8. The number of allylic oxidation sites excluding steroid dienone is 15. The van der Waals surface area contributed by atoms with E-state index in [-0.39, 0.29) is 11.8 Å². The summed E-state index contributed by atoms with van der Waals surface area (Å²) < 4.78 is 0.